The Balaban J connectivity index is 1.89. The van der Waals surface area contributed by atoms with E-state index in [-0.39, 0.29) is 12.5 Å². The highest BCUT2D eigenvalue weighted by Crippen LogP contribution is 2.28. The predicted molar refractivity (Wildman–Crippen MR) is 109 cm³/mol. The van der Waals surface area contributed by atoms with Gasteiger partial charge in [0.15, 0.2) is 5.82 Å². The van der Waals surface area contributed by atoms with Gasteiger partial charge >= 0.3 is 5.97 Å². The molecule has 28 heavy (non-hydrogen) atoms. The number of methoxy groups -OCH3 is 1. The van der Waals surface area contributed by atoms with Crippen LogP contribution >= 0.6 is 23.2 Å². The number of aromatic nitrogens is 3. The van der Waals surface area contributed by atoms with Crippen LogP contribution in [0.15, 0.2) is 48.5 Å². The lowest BCUT2D eigenvalue weighted by Gasteiger charge is -2.22. The van der Waals surface area contributed by atoms with Gasteiger partial charge in [-0.05, 0) is 30.7 Å². The topological polar surface area (TPSA) is 60.2 Å². The van der Waals surface area contributed by atoms with Crippen LogP contribution in [0.2, 0.25) is 10.0 Å². The van der Waals surface area contributed by atoms with Crippen molar-refractivity contribution < 1.29 is 9.53 Å². The lowest BCUT2D eigenvalue weighted by molar-refractivity contribution is -0.142. The number of aryl methyl sites for hydroxylation is 1. The summed E-state index contributed by atoms with van der Waals surface area (Å²) in [5.41, 5.74) is 1.88. The number of halogens is 2. The van der Waals surface area contributed by atoms with Crippen molar-refractivity contribution >= 4 is 29.2 Å². The number of carbonyl (C=O) groups excluding carboxylic acids is 1. The summed E-state index contributed by atoms with van der Waals surface area (Å²) in [6, 6.07) is 15.2. The summed E-state index contributed by atoms with van der Waals surface area (Å²) in [6.07, 6.45) is 0. The first-order valence-electron chi connectivity index (χ1n) is 8.66. The van der Waals surface area contributed by atoms with Gasteiger partial charge in [0.1, 0.15) is 5.82 Å². The van der Waals surface area contributed by atoms with Crippen molar-refractivity contribution in [3.63, 3.8) is 0 Å². The van der Waals surface area contributed by atoms with Gasteiger partial charge in [0.05, 0.1) is 30.4 Å². The molecule has 0 radical (unpaired) electrons. The number of benzene rings is 2. The van der Waals surface area contributed by atoms with E-state index in [1.54, 1.807) is 16.8 Å². The van der Waals surface area contributed by atoms with E-state index < -0.39 is 0 Å². The van der Waals surface area contributed by atoms with Crippen molar-refractivity contribution in [2.24, 2.45) is 0 Å². The maximum absolute atomic E-state index is 11.9. The van der Waals surface area contributed by atoms with Gasteiger partial charge in [-0.1, -0.05) is 53.5 Å². The molecule has 0 aliphatic rings. The van der Waals surface area contributed by atoms with Crippen LogP contribution in [0, 0.1) is 6.92 Å². The molecule has 0 amide bonds. The third kappa shape index (κ3) is 5.10. The van der Waals surface area contributed by atoms with E-state index in [2.05, 4.69) is 10.1 Å². The monoisotopic (exact) mass is 418 g/mol. The Hall–Kier alpha value is -2.41. The molecule has 0 atom stereocenters. The fourth-order valence-electron chi connectivity index (χ4n) is 2.84. The SMILES string of the molecule is COC(=O)CN(Cc1ccccc1)Cn1nc(C)nc1-c1ccc(Cl)c(Cl)c1. The number of hydrogen-bond donors (Lipinski definition) is 0. The molecule has 8 heteroatoms. The molecule has 1 aromatic heterocycles. The average molecular weight is 419 g/mol. The number of ether oxygens (including phenoxy) is 1. The molecular weight excluding hydrogens is 399 g/mol. The van der Waals surface area contributed by atoms with E-state index in [0.717, 1.165) is 11.1 Å². The van der Waals surface area contributed by atoms with Crippen LogP contribution in [-0.4, -0.2) is 39.3 Å². The largest absolute Gasteiger partial charge is 0.468 e. The van der Waals surface area contributed by atoms with E-state index >= 15 is 0 Å². The zero-order valence-electron chi connectivity index (χ0n) is 15.6. The molecule has 0 aliphatic carbocycles. The highest BCUT2D eigenvalue weighted by atomic mass is 35.5. The Kier molecular flexibility index (Phi) is 6.67. The molecule has 0 bridgehead atoms. The van der Waals surface area contributed by atoms with Crippen LogP contribution in [0.3, 0.4) is 0 Å². The van der Waals surface area contributed by atoms with Gasteiger partial charge < -0.3 is 4.74 Å². The second-order valence-electron chi connectivity index (χ2n) is 6.30. The summed E-state index contributed by atoms with van der Waals surface area (Å²) in [5, 5.41) is 5.41. The van der Waals surface area contributed by atoms with E-state index in [9.17, 15) is 4.79 Å². The molecule has 0 aliphatic heterocycles. The first kappa shape index (κ1) is 20.3. The maximum Gasteiger partial charge on any atom is 0.319 e. The van der Waals surface area contributed by atoms with Crippen LogP contribution in [0.5, 0.6) is 0 Å². The van der Waals surface area contributed by atoms with Crippen molar-refractivity contribution in [2.75, 3.05) is 13.7 Å². The fourth-order valence-corrected chi connectivity index (χ4v) is 3.13. The molecule has 3 rings (SSSR count). The summed E-state index contributed by atoms with van der Waals surface area (Å²) in [4.78, 5) is 18.4. The van der Waals surface area contributed by atoms with Crippen LogP contribution in [-0.2, 0) is 22.7 Å². The minimum atomic E-state index is -0.316. The highest BCUT2D eigenvalue weighted by molar-refractivity contribution is 6.42. The summed E-state index contributed by atoms with van der Waals surface area (Å²) < 4.78 is 6.60. The molecule has 0 fully saturated rings. The third-order valence-electron chi connectivity index (χ3n) is 4.12. The fraction of sp³-hybridized carbons (Fsp3) is 0.250. The lowest BCUT2D eigenvalue weighted by atomic mass is 10.2. The Labute approximate surface area is 173 Å². The summed E-state index contributed by atoms with van der Waals surface area (Å²) >= 11 is 12.2. The minimum Gasteiger partial charge on any atom is -0.468 e. The van der Waals surface area contributed by atoms with Gasteiger partial charge in [-0.15, -0.1) is 0 Å². The number of esters is 1. The van der Waals surface area contributed by atoms with Gasteiger partial charge in [0.25, 0.3) is 0 Å². The van der Waals surface area contributed by atoms with E-state index in [4.69, 9.17) is 27.9 Å². The smallest absolute Gasteiger partial charge is 0.319 e. The van der Waals surface area contributed by atoms with E-state index in [0.29, 0.717) is 34.9 Å². The second kappa shape index (κ2) is 9.19. The molecule has 2 aromatic carbocycles. The molecule has 1 heterocycles. The number of rotatable bonds is 7. The van der Waals surface area contributed by atoms with Crippen molar-refractivity contribution in [3.8, 4) is 11.4 Å². The van der Waals surface area contributed by atoms with E-state index in [1.165, 1.54) is 7.11 Å². The summed E-state index contributed by atoms with van der Waals surface area (Å²) in [6.45, 7) is 2.88. The Morgan fingerprint density at radius 1 is 1.14 bits per heavy atom. The number of carbonyl (C=O) groups is 1. The van der Waals surface area contributed by atoms with Crippen LogP contribution in [0.4, 0.5) is 0 Å². The minimum absolute atomic E-state index is 0.130. The maximum atomic E-state index is 11.9. The zero-order valence-corrected chi connectivity index (χ0v) is 17.1. The van der Waals surface area contributed by atoms with Crippen LogP contribution < -0.4 is 0 Å². The molecule has 0 unspecified atom stereocenters. The summed E-state index contributed by atoms with van der Waals surface area (Å²) in [5.74, 6) is 0.960. The van der Waals surface area contributed by atoms with Crippen molar-refractivity contribution in [1.29, 1.82) is 0 Å². The Morgan fingerprint density at radius 3 is 2.57 bits per heavy atom. The van der Waals surface area contributed by atoms with Gasteiger partial charge in [-0.25, -0.2) is 9.67 Å². The van der Waals surface area contributed by atoms with E-state index in [1.807, 2.05) is 48.2 Å². The average Bonchev–Trinajstić information content (AvgIpc) is 3.04. The predicted octanol–water partition coefficient (Wildman–Crippen LogP) is 4.19. The highest BCUT2D eigenvalue weighted by Gasteiger charge is 2.17. The van der Waals surface area contributed by atoms with Crippen LogP contribution in [0.1, 0.15) is 11.4 Å². The standard InChI is InChI=1S/C20H20Cl2N4O2/c1-14-23-20(16-8-9-17(21)18(22)10-16)26(24-14)13-25(12-19(27)28-2)11-15-6-4-3-5-7-15/h3-10H,11-13H2,1-2H3. The molecule has 146 valence electrons. The Morgan fingerprint density at radius 2 is 1.89 bits per heavy atom. The van der Waals surface area contributed by atoms with Gasteiger partial charge in [0.2, 0.25) is 0 Å². The second-order valence-corrected chi connectivity index (χ2v) is 7.12. The Bertz CT molecular complexity index is 960. The molecular formula is C20H20Cl2N4O2. The van der Waals surface area contributed by atoms with Crippen molar-refractivity contribution in [3.05, 3.63) is 70.0 Å². The number of hydrogen-bond acceptors (Lipinski definition) is 5. The lowest BCUT2D eigenvalue weighted by Crippen LogP contribution is -2.32. The van der Waals surface area contributed by atoms with Gasteiger partial charge in [0, 0.05) is 12.1 Å². The quantitative estimate of drug-likeness (QED) is 0.538. The molecule has 0 spiro atoms. The molecule has 0 saturated heterocycles. The molecule has 0 N–H and O–H groups in total. The van der Waals surface area contributed by atoms with Gasteiger partial charge in [-0.3, -0.25) is 9.69 Å². The third-order valence-corrected chi connectivity index (χ3v) is 4.86. The zero-order chi connectivity index (χ0) is 20.1. The van der Waals surface area contributed by atoms with Gasteiger partial charge in [-0.2, -0.15) is 5.10 Å². The normalized spacial score (nSPS) is 11.0. The first-order chi connectivity index (χ1) is 13.5. The van der Waals surface area contributed by atoms with Crippen molar-refractivity contribution in [1.82, 2.24) is 19.7 Å². The molecule has 3 aromatic rings. The van der Waals surface area contributed by atoms with Crippen molar-refractivity contribution in [2.45, 2.75) is 20.1 Å². The number of nitrogens with zero attached hydrogens (tertiary/aromatic N) is 4. The van der Waals surface area contributed by atoms with Crippen LogP contribution in [0.25, 0.3) is 11.4 Å². The first-order valence-corrected chi connectivity index (χ1v) is 9.42. The summed E-state index contributed by atoms with van der Waals surface area (Å²) in [7, 11) is 1.38. The molecule has 0 saturated carbocycles. The molecule has 6 nitrogen and oxygen atoms in total.